The van der Waals surface area contributed by atoms with Crippen molar-refractivity contribution in [2.75, 3.05) is 44.2 Å². The van der Waals surface area contributed by atoms with Gasteiger partial charge < -0.3 is 10.2 Å². The molecule has 118 valence electrons. The first-order chi connectivity index (χ1) is 9.63. The van der Waals surface area contributed by atoms with Crippen LogP contribution in [-0.4, -0.2) is 52.6 Å². The van der Waals surface area contributed by atoms with Crippen LogP contribution in [0.4, 0.5) is 11.4 Å². The third-order valence-electron chi connectivity index (χ3n) is 3.14. The molecule has 0 atom stereocenters. The Morgan fingerprint density at radius 2 is 1.81 bits per heavy atom. The number of nitrogens with zero attached hydrogens (tertiary/aromatic N) is 2. The normalized spacial score (nSPS) is 11.5. The van der Waals surface area contributed by atoms with Crippen molar-refractivity contribution in [3.05, 3.63) is 23.8 Å². The third kappa shape index (κ3) is 5.02. The van der Waals surface area contributed by atoms with Crippen LogP contribution in [0.2, 0.25) is 0 Å². The molecular formula is C14H23N3O3S. The van der Waals surface area contributed by atoms with Crippen molar-refractivity contribution in [3.63, 3.8) is 0 Å². The van der Waals surface area contributed by atoms with Gasteiger partial charge in [0.2, 0.25) is 15.9 Å². The second-order valence-corrected chi connectivity index (χ2v) is 7.59. The molecular weight excluding hydrogens is 290 g/mol. The summed E-state index contributed by atoms with van der Waals surface area (Å²) in [7, 11) is 3.45. The zero-order valence-corrected chi connectivity index (χ0v) is 14.0. The summed E-state index contributed by atoms with van der Waals surface area (Å²) in [4.78, 5) is 13.8. The van der Waals surface area contributed by atoms with Crippen molar-refractivity contribution in [2.45, 2.75) is 13.3 Å². The van der Waals surface area contributed by atoms with Crippen molar-refractivity contribution < 1.29 is 13.2 Å². The second-order valence-electron chi connectivity index (χ2n) is 5.29. The summed E-state index contributed by atoms with van der Waals surface area (Å²) in [5.74, 6) is -0.498. The number of nitrogens with one attached hydrogen (secondary N) is 1. The lowest BCUT2D eigenvalue weighted by molar-refractivity contribution is -0.115. The highest BCUT2D eigenvalue weighted by Gasteiger charge is 2.16. The van der Waals surface area contributed by atoms with Crippen LogP contribution in [0.3, 0.4) is 0 Å². The van der Waals surface area contributed by atoms with Crippen LogP contribution in [0.5, 0.6) is 0 Å². The summed E-state index contributed by atoms with van der Waals surface area (Å²) >= 11 is 0. The van der Waals surface area contributed by atoms with Gasteiger partial charge in [0.25, 0.3) is 0 Å². The number of hydrogen-bond donors (Lipinski definition) is 1. The van der Waals surface area contributed by atoms with Crippen LogP contribution >= 0.6 is 0 Å². The topological polar surface area (TPSA) is 69.7 Å². The molecule has 1 aromatic carbocycles. The minimum absolute atomic E-state index is 0.0601. The van der Waals surface area contributed by atoms with E-state index >= 15 is 0 Å². The molecule has 0 aliphatic heterocycles. The molecule has 0 radical (unpaired) electrons. The number of carbonyl (C=O) groups is 1. The Balaban J connectivity index is 2.68. The molecule has 0 fully saturated rings. The molecule has 0 aliphatic carbocycles. The molecule has 0 aromatic heterocycles. The fraction of sp³-hybridized carbons (Fsp3) is 0.500. The summed E-state index contributed by atoms with van der Waals surface area (Å²) in [6.07, 6.45) is -0.0601. The van der Waals surface area contributed by atoms with Gasteiger partial charge in [0, 0.05) is 46.0 Å². The van der Waals surface area contributed by atoms with Gasteiger partial charge in [-0.05, 0) is 30.7 Å². The zero-order valence-electron chi connectivity index (χ0n) is 13.2. The molecule has 0 saturated carbocycles. The number of carbonyl (C=O) groups excluding carboxylic acids is 1. The Kier molecular flexibility index (Phi) is 5.74. The number of sulfonamides is 1. The molecule has 6 nitrogen and oxygen atoms in total. The molecule has 1 aromatic rings. The molecule has 1 N–H and O–H groups in total. The number of aryl methyl sites for hydroxylation is 1. The van der Waals surface area contributed by atoms with E-state index in [0.29, 0.717) is 5.69 Å². The third-order valence-corrected chi connectivity index (χ3v) is 4.98. The van der Waals surface area contributed by atoms with Gasteiger partial charge in [-0.1, -0.05) is 0 Å². The maximum atomic E-state index is 11.8. The van der Waals surface area contributed by atoms with E-state index < -0.39 is 10.0 Å². The van der Waals surface area contributed by atoms with E-state index in [1.807, 2.05) is 44.1 Å². The minimum atomic E-state index is -3.35. The highest BCUT2D eigenvalue weighted by atomic mass is 32.2. The molecule has 0 heterocycles. The standard InChI is InChI=1S/C14H23N3O3S/c1-11-10-12(16(2)3)6-7-13(11)15-14(18)8-9-21(19,20)17(4)5/h6-7,10H,8-9H2,1-5H3,(H,15,18). The molecule has 7 heteroatoms. The number of hydrogen-bond acceptors (Lipinski definition) is 4. The van der Waals surface area contributed by atoms with E-state index in [1.165, 1.54) is 14.1 Å². The Morgan fingerprint density at radius 1 is 1.19 bits per heavy atom. The van der Waals surface area contributed by atoms with Crippen LogP contribution in [-0.2, 0) is 14.8 Å². The van der Waals surface area contributed by atoms with Crippen LogP contribution in [0.25, 0.3) is 0 Å². The van der Waals surface area contributed by atoms with E-state index in [0.717, 1.165) is 15.6 Å². The molecule has 1 amide bonds. The van der Waals surface area contributed by atoms with Gasteiger partial charge in [-0.25, -0.2) is 12.7 Å². The maximum Gasteiger partial charge on any atom is 0.225 e. The highest BCUT2D eigenvalue weighted by Crippen LogP contribution is 2.21. The van der Waals surface area contributed by atoms with Gasteiger partial charge in [0.15, 0.2) is 0 Å². The Hall–Kier alpha value is -1.60. The van der Waals surface area contributed by atoms with Gasteiger partial charge in [-0.3, -0.25) is 4.79 Å². The Bertz CT molecular complexity index is 610. The average molecular weight is 313 g/mol. The molecule has 0 unspecified atom stereocenters. The smallest absolute Gasteiger partial charge is 0.225 e. The van der Waals surface area contributed by atoms with Crippen LogP contribution < -0.4 is 10.2 Å². The number of benzene rings is 1. The van der Waals surface area contributed by atoms with E-state index in [4.69, 9.17) is 0 Å². The molecule has 1 rings (SSSR count). The quantitative estimate of drug-likeness (QED) is 0.859. The number of rotatable bonds is 6. The lowest BCUT2D eigenvalue weighted by atomic mass is 10.1. The molecule has 0 bridgehead atoms. The second kappa shape index (κ2) is 6.91. The van der Waals surface area contributed by atoms with Gasteiger partial charge in [0.1, 0.15) is 0 Å². The van der Waals surface area contributed by atoms with Gasteiger partial charge in [0.05, 0.1) is 5.75 Å². The Morgan fingerprint density at radius 3 is 2.29 bits per heavy atom. The van der Waals surface area contributed by atoms with Crippen molar-refractivity contribution in [1.82, 2.24) is 4.31 Å². The number of amides is 1. The molecule has 21 heavy (non-hydrogen) atoms. The lowest BCUT2D eigenvalue weighted by Gasteiger charge is -2.16. The fourth-order valence-electron chi connectivity index (χ4n) is 1.68. The summed E-state index contributed by atoms with van der Waals surface area (Å²) in [5, 5.41) is 2.75. The predicted molar refractivity (Wildman–Crippen MR) is 86.2 cm³/mol. The largest absolute Gasteiger partial charge is 0.378 e. The van der Waals surface area contributed by atoms with E-state index in [9.17, 15) is 13.2 Å². The summed E-state index contributed by atoms with van der Waals surface area (Å²) < 4.78 is 24.4. The van der Waals surface area contributed by atoms with Crippen molar-refractivity contribution >= 4 is 27.3 Å². The van der Waals surface area contributed by atoms with E-state index in [1.54, 1.807) is 0 Å². The Labute approximate surface area is 126 Å². The van der Waals surface area contributed by atoms with Gasteiger partial charge >= 0.3 is 0 Å². The van der Waals surface area contributed by atoms with E-state index in [2.05, 4.69) is 5.32 Å². The van der Waals surface area contributed by atoms with Crippen LogP contribution in [0.15, 0.2) is 18.2 Å². The average Bonchev–Trinajstić information content (AvgIpc) is 2.38. The SMILES string of the molecule is Cc1cc(N(C)C)ccc1NC(=O)CCS(=O)(=O)N(C)C. The van der Waals surface area contributed by atoms with Crippen LogP contribution in [0, 0.1) is 6.92 Å². The monoisotopic (exact) mass is 313 g/mol. The molecule has 0 spiro atoms. The summed E-state index contributed by atoms with van der Waals surface area (Å²) in [5.41, 5.74) is 2.68. The zero-order chi connectivity index (χ0) is 16.2. The van der Waals surface area contributed by atoms with Crippen molar-refractivity contribution in [1.29, 1.82) is 0 Å². The minimum Gasteiger partial charge on any atom is -0.378 e. The van der Waals surface area contributed by atoms with Crippen molar-refractivity contribution in [2.24, 2.45) is 0 Å². The highest BCUT2D eigenvalue weighted by molar-refractivity contribution is 7.89. The summed E-state index contributed by atoms with van der Waals surface area (Å²) in [6, 6.07) is 5.69. The predicted octanol–water partition coefficient (Wildman–Crippen LogP) is 1.28. The van der Waals surface area contributed by atoms with Gasteiger partial charge in [-0.2, -0.15) is 0 Å². The van der Waals surface area contributed by atoms with Crippen molar-refractivity contribution in [3.8, 4) is 0 Å². The molecule has 0 aliphatic rings. The summed E-state index contributed by atoms with van der Waals surface area (Å²) in [6.45, 7) is 1.90. The van der Waals surface area contributed by atoms with E-state index in [-0.39, 0.29) is 18.1 Å². The first kappa shape index (κ1) is 17.5. The first-order valence-electron chi connectivity index (χ1n) is 6.61. The first-order valence-corrected chi connectivity index (χ1v) is 8.22. The maximum absolute atomic E-state index is 11.8. The number of anilines is 2. The van der Waals surface area contributed by atoms with Gasteiger partial charge in [-0.15, -0.1) is 0 Å². The molecule has 0 saturated heterocycles. The fourth-order valence-corrected chi connectivity index (χ4v) is 2.49. The lowest BCUT2D eigenvalue weighted by Crippen LogP contribution is -2.27. The van der Waals surface area contributed by atoms with Crippen LogP contribution in [0.1, 0.15) is 12.0 Å².